The standard InChI is InChI=1S/C13H17NO3/c1-9(2)14-7-10(15)13-8-16-11-5-3-4-6-12(11)17-13/h3-6,8-10,14-15H,7H2,1-2H3/t10-/m0/s1. The molecule has 0 saturated heterocycles. The Bertz CT molecular complexity index is 415. The van der Waals surface area contributed by atoms with Gasteiger partial charge in [-0.05, 0) is 12.1 Å². The van der Waals surface area contributed by atoms with Gasteiger partial charge in [0, 0.05) is 12.6 Å². The van der Waals surface area contributed by atoms with E-state index >= 15 is 0 Å². The highest BCUT2D eigenvalue weighted by atomic mass is 16.6. The first kappa shape index (κ1) is 12.0. The molecule has 92 valence electrons. The van der Waals surface area contributed by atoms with Crippen molar-refractivity contribution in [2.45, 2.75) is 26.0 Å². The number of hydrogen-bond acceptors (Lipinski definition) is 4. The van der Waals surface area contributed by atoms with Crippen molar-refractivity contribution < 1.29 is 14.6 Å². The molecule has 0 amide bonds. The van der Waals surface area contributed by atoms with Crippen molar-refractivity contribution in [3.63, 3.8) is 0 Å². The number of benzene rings is 1. The Hall–Kier alpha value is -1.52. The van der Waals surface area contributed by atoms with Crippen LogP contribution in [0.3, 0.4) is 0 Å². The molecule has 2 N–H and O–H groups in total. The first-order valence-corrected chi connectivity index (χ1v) is 5.72. The molecular formula is C13H17NO3. The van der Waals surface area contributed by atoms with Gasteiger partial charge in [-0.1, -0.05) is 26.0 Å². The summed E-state index contributed by atoms with van der Waals surface area (Å²) in [5.41, 5.74) is 0. The van der Waals surface area contributed by atoms with E-state index in [4.69, 9.17) is 9.47 Å². The predicted molar refractivity (Wildman–Crippen MR) is 64.9 cm³/mol. The zero-order chi connectivity index (χ0) is 12.3. The number of hydrogen-bond donors (Lipinski definition) is 2. The van der Waals surface area contributed by atoms with Gasteiger partial charge in [-0.3, -0.25) is 0 Å². The third kappa shape index (κ3) is 2.99. The number of aliphatic hydroxyl groups excluding tert-OH is 1. The fraction of sp³-hybridized carbons (Fsp3) is 0.385. The van der Waals surface area contributed by atoms with Crippen molar-refractivity contribution >= 4 is 0 Å². The number of ether oxygens (including phenoxy) is 2. The summed E-state index contributed by atoms with van der Waals surface area (Å²) in [6, 6.07) is 7.69. The van der Waals surface area contributed by atoms with Crippen molar-refractivity contribution in [3.05, 3.63) is 36.3 Å². The molecule has 1 aliphatic rings. The summed E-state index contributed by atoms with van der Waals surface area (Å²) in [7, 11) is 0. The second-order valence-corrected chi connectivity index (χ2v) is 4.27. The molecule has 2 rings (SSSR count). The van der Waals surface area contributed by atoms with Crippen molar-refractivity contribution in [2.24, 2.45) is 0 Å². The Kier molecular flexibility index (Phi) is 3.66. The first-order valence-electron chi connectivity index (χ1n) is 5.72. The molecule has 17 heavy (non-hydrogen) atoms. The molecule has 1 aliphatic heterocycles. The number of fused-ring (bicyclic) bond motifs is 1. The minimum Gasteiger partial charge on any atom is -0.457 e. The zero-order valence-electron chi connectivity index (χ0n) is 10.0. The van der Waals surface area contributed by atoms with Crippen LogP contribution in [-0.4, -0.2) is 23.8 Å². The summed E-state index contributed by atoms with van der Waals surface area (Å²) in [5.74, 6) is 1.73. The van der Waals surface area contributed by atoms with E-state index in [1.54, 1.807) is 0 Å². The van der Waals surface area contributed by atoms with Crippen LogP contribution in [-0.2, 0) is 0 Å². The second-order valence-electron chi connectivity index (χ2n) is 4.27. The summed E-state index contributed by atoms with van der Waals surface area (Å²) < 4.78 is 11.0. The lowest BCUT2D eigenvalue weighted by molar-refractivity contribution is 0.142. The first-order chi connectivity index (χ1) is 8.16. The lowest BCUT2D eigenvalue weighted by Crippen LogP contribution is -2.34. The minimum atomic E-state index is -0.703. The minimum absolute atomic E-state index is 0.321. The normalized spacial score (nSPS) is 15.6. The second kappa shape index (κ2) is 5.21. The number of rotatable bonds is 4. The fourth-order valence-electron chi connectivity index (χ4n) is 1.50. The summed E-state index contributed by atoms with van der Waals surface area (Å²) in [6.45, 7) is 4.48. The van der Waals surface area contributed by atoms with E-state index in [1.165, 1.54) is 6.26 Å². The van der Waals surface area contributed by atoms with Gasteiger partial charge in [-0.25, -0.2) is 0 Å². The molecule has 1 atom stereocenters. The highest BCUT2D eigenvalue weighted by Crippen LogP contribution is 2.32. The van der Waals surface area contributed by atoms with Gasteiger partial charge in [0.25, 0.3) is 0 Å². The van der Waals surface area contributed by atoms with E-state index in [1.807, 2.05) is 38.1 Å². The Morgan fingerprint density at radius 3 is 2.65 bits per heavy atom. The molecule has 1 aromatic carbocycles. The van der Waals surface area contributed by atoms with E-state index in [9.17, 15) is 5.11 Å². The highest BCUT2D eigenvalue weighted by Gasteiger charge is 2.20. The molecule has 0 radical (unpaired) electrons. The summed E-state index contributed by atoms with van der Waals surface area (Å²) >= 11 is 0. The van der Waals surface area contributed by atoms with Gasteiger partial charge in [-0.15, -0.1) is 0 Å². The van der Waals surface area contributed by atoms with Crippen LogP contribution in [0.5, 0.6) is 11.5 Å². The Labute approximate surface area is 101 Å². The van der Waals surface area contributed by atoms with Gasteiger partial charge in [0.1, 0.15) is 12.4 Å². The average molecular weight is 235 g/mol. The van der Waals surface area contributed by atoms with Gasteiger partial charge in [0.05, 0.1) is 0 Å². The third-order valence-corrected chi connectivity index (χ3v) is 2.43. The van der Waals surface area contributed by atoms with Crippen LogP contribution in [0, 0.1) is 0 Å². The fourth-order valence-corrected chi connectivity index (χ4v) is 1.50. The number of para-hydroxylation sites is 2. The maximum absolute atomic E-state index is 9.91. The quantitative estimate of drug-likeness (QED) is 0.833. The third-order valence-electron chi connectivity index (χ3n) is 2.43. The van der Waals surface area contributed by atoms with Crippen LogP contribution in [0.15, 0.2) is 36.3 Å². The smallest absolute Gasteiger partial charge is 0.169 e. The average Bonchev–Trinajstić information content (AvgIpc) is 2.35. The molecule has 0 bridgehead atoms. The molecule has 0 fully saturated rings. The van der Waals surface area contributed by atoms with Crippen LogP contribution in [0.1, 0.15) is 13.8 Å². The van der Waals surface area contributed by atoms with Crippen LogP contribution >= 0.6 is 0 Å². The topological polar surface area (TPSA) is 50.7 Å². The molecule has 0 aliphatic carbocycles. The van der Waals surface area contributed by atoms with Crippen LogP contribution < -0.4 is 14.8 Å². The monoisotopic (exact) mass is 235 g/mol. The molecular weight excluding hydrogens is 218 g/mol. The van der Waals surface area contributed by atoms with E-state index in [2.05, 4.69) is 5.32 Å². The molecule has 0 saturated carbocycles. The van der Waals surface area contributed by atoms with Crippen molar-refractivity contribution in [1.29, 1.82) is 0 Å². The van der Waals surface area contributed by atoms with Crippen molar-refractivity contribution in [1.82, 2.24) is 5.32 Å². The summed E-state index contributed by atoms with van der Waals surface area (Å²) in [4.78, 5) is 0. The van der Waals surface area contributed by atoms with E-state index in [-0.39, 0.29) is 0 Å². The Morgan fingerprint density at radius 2 is 1.94 bits per heavy atom. The van der Waals surface area contributed by atoms with E-state index < -0.39 is 6.10 Å². The number of nitrogens with one attached hydrogen (secondary N) is 1. The molecule has 0 unspecified atom stereocenters. The SMILES string of the molecule is CC(C)NC[C@H](O)C1=COc2ccccc2O1. The summed E-state index contributed by atoms with van der Waals surface area (Å²) in [5, 5.41) is 13.1. The lowest BCUT2D eigenvalue weighted by atomic mass is 10.2. The largest absolute Gasteiger partial charge is 0.457 e. The van der Waals surface area contributed by atoms with Crippen molar-refractivity contribution in [3.8, 4) is 11.5 Å². The Balaban J connectivity index is 1.98. The van der Waals surface area contributed by atoms with Gasteiger partial charge in [0.2, 0.25) is 0 Å². The van der Waals surface area contributed by atoms with Crippen LogP contribution in [0.25, 0.3) is 0 Å². The van der Waals surface area contributed by atoms with Crippen molar-refractivity contribution in [2.75, 3.05) is 6.54 Å². The maximum atomic E-state index is 9.91. The zero-order valence-corrected chi connectivity index (χ0v) is 10.0. The molecule has 4 nitrogen and oxygen atoms in total. The lowest BCUT2D eigenvalue weighted by Gasteiger charge is -2.22. The van der Waals surface area contributed by atoms with Gasteiger partial charge >= 0.3 is 0 Å². The van der Waals surface area contributed by atoms with Gasteiger partial charge in [-0.2, -0.15) is 0 Å². The molecule has 1 aromatic rings. The molecule has 0 aromatic heterocycles. The van der Waals surface area contributed by atoms with Gasteiger partial charge in [0.15, 0.2) is 17.3 Å². The number of aliphatic hydroxyl groups is 1. The Morgan fingerprint density at radius 1 is 1.24 bits per heavy atom. The highest BCUT2D eigenvalue weighted by molar-refractivity contribution is 5.43. The molecule has 0 spiro atoms. The predicted octanol–water partition coefficient (Wildman–Crippen LogP) is 1.66. The summed E-state index contributed by atoms with van der Waals surface area (Å²) in [6.07, 6.45) is 0.750. The van der Waals surface area contributed by atoms with E-state index in [0.717, 1.165) is 0 Å². The molecule has 1 heterocycles. The van der Waals surface area contributed by atoms with Crippen LogP contribution in [0.4, 0.5) is 0 Å². The van der Waals surface area contributed by atoms with E-state index in [0.29, 0.717) is 29.8 Å². The van der Waals surface area contributed by atoms with Gasteiger partial charge < -0.3 is 19.9 Å². The van der Waals surface area contributed by atoms with Crippen LogP contribution in [0.2, 0.25) is 0 Å². The maximum Gasteiger partial charge on any atom is 0.169 e. The molecule has 4 heteroatoms.